The summed E-state index contributed by atoms with van der Waals surface area (Å²) in [6, 6.07) is 5.96. The summed E-state index contributed by atoms with van der Waals surface area (Å²) in [4.78, 5) is 0. The van der Waals surface area contributed by atoms with Crippen molar-refractivity contribution in [3.8, 4) is 0 Å². The molecule has 0 aliphatic heterocycles. The summed E-state index contributed by atoms with van der Waals surface area (Å²) in [6.07, 6.45) is 1.02. The Morgan fingerprint density at radius 3 is 2.20 bits per heavy atom. The molecule has 1 rings (SSSR count). The van der Waals surface area contributed by atoms with Crippen LogP contribution in [0.5, 0.6) is 0 Å². The van der Waals surface area contributed by atoms with E-state index in [-0.39, 0.29) is 5.41 Å². The van der Waals surface area contributed by atoms with Crippen LogP contribution in [0, 0.1) is 17.3 Å². The highest BCUT2D eigenvalue weighted by atomic mass is 35.5. The Kier molecular flexibility index (Phi) is 6.84. The molecule has 0 saturated carbocycles. The molecule has 1 atom stereocenters. The Morgan fingerprint density at radius 1 is 1.05 bits per heavy atom. The largest absolute Gasteiger partial charge is 0.316 e. The van der Waals surface area contributed by atoms with E-state index in [1.807, 2.05) is 12.1 Å². The Labute approximate surface area is 134 Å². The molecule has 1 N–H and O–H groups in total. The lowest BCUT2D eigenvalue weighted by Gasteiger charge is -2.31. The van der Waals surface area contributed by atoms with Crippen LogP contribution >= 0.6 is 23.2 Å². The van der Waals surface area contributed by atoms with E-state index in [0.29, 0.717) is 21.9 Å². The molecule has 20 heavy (non-hydrogen) atoms. The zero-order valence-electron chi connectivity index (χ0n) is 13.3. The summed E-state index contributed by atoms with van der Waals surface area (Å²) in [5, 5.41) is 4.85. The second-order valence-electron chi connectivity index (χ2n) is 7.07. The van der Waals surface area contributed by atoms with Gasteiger partial charge in [0.1, 0.15) is 0 Å². The molecule has 1 unspecified atom stereocenters. The molecule has 0 aliphatic carbocycles. The fourth-order valence-electron chi connectivity index (χ4n) is 2.18. The highest BCUT2D eigenvalue weighted by Crippen LogP contribution is 2.30. The van der Waals surface area contributed by atoms with E-state index in [1.165, 1.54) is 5.56 Å². The van der Waals surface area contributed by atoms with Gasteiger partial charge in [-0.1, -0.05) is 63.9 Å². The number of benzene rings is 1. The van der Waals surface area contributed by atoms with Crippen molar-refractivity contribution in [1.29, 1.82) is 0 Å². The van der Waals surface area contributed by atoms with Gasteiger partial charge in [0.05, 0.1) is 10.0 Å². The molecule has 1 aromatic rings. The molecule has 0 heterocycles. The predicted molar refractivity (Wildman–Crippen MR) is 90.8 cm³/mol. The van der Waals surface area contributed by atoms with Gasteiger partial charge in [0, 0.05) is 0 Å². The highest BCUT2D eigenvalue weighted by molar-refractivity contribution is 6.42. The van der Waals surface area contributed by atoms with Crippen molar-refractivity contribution in [3.63, 3.8) is 0 Å². The van der Waals surface area contributed by atoms with E-state index < -0.39 is 0 Å². The molecule has 0 radical (unpaired) electrons. The molecule has 1 aromatic carbocycles. The first-order chi connectivity index (χ1) is 9.20. The standard InChI is InChI=1S/C17H27Cl2N/c1-12(2)10-20-11-14(17(3,4)5)8-13-6-7-15(18)16(19)9-13/h6-7,9,12,14,20H,8,10-11H2,1-5H3. The lowest BCUT2D eigenvalue weighted by atomic mass is 9.77. The molecular weight excluding hydrogens is 289 g/mol. The lowest BCUT2D eigenvalue weighted by Crippen LogP contribution is -2.35. The van der Waals surface area contributed by atoms with Crippen LogP contribution in [0.25, 0.3) is 0 Å². The molecule has 0 bridgehead atoms. The summed E-state index contributed by atoms with van der Waals surface area (Å²) >= 11 is 12.1. The number of rotatable bonds is 6. The van der Waals surface area contributed by atoms with Crippen molar-refractivity contribution in [1.82, 2.24) is 5.32 Å². The van der Waals surface area contributed by atoms with Crippen LogP contribution in [-0.2, 0) is 6.42 Å². The van der Waals surface area contributed by atoms with Crippen molar-refractivity contribution in [2.75, 3.05) is 13.1 Å². The number of hydrogen-bond acceptors (Lipinski definition) is 1. The van der Waals surface area contributed by atoms with Gasteiger partial charge in [-0.15, -0.1) is 0 Å². The van der Waals surface area contributed by atoms with E-state index in [0.717, 1.165) is 19.5 Å². The van der Waals surface area contributed by atoms with Crippen molar-refractivity contribution in [3.05, 3.63) is 33.8 Å². The van der Waals surface area contributed by atoms with Crippen molar-refractivity contribution in [2.24, 2.45) is 17.3 Å². The van der Waals surface area contributed by atoms with Gasteiger partial charge in [-0.25, -0.2) is 0 Å². The van der Waals surface area contributed by atoms with E-state index in [9.17, 15) is 0 Å². The third kappa shape index (κ3) is 6.03. The van der Waals surface area contributed by atoms with Gasteiger partial charge < -0.3 is 5.32 Å². The smallest absolute Gasteiger partial charge is 0.0595 e. The van der Waals surface area contributed by atoms with E-state index in [4.69, 9.17) is 23.2 Å². The number of halogens is 2. The molecule has 114 valence electrons. The highest BCUT2D eigenvalue weighted by Gasteiger charge is 2.24. The van der Waals surface area contributed by atoms with Crippen molar-refractivity contribution < 1.29 is 0 Å². The maximum atomic E-state index is 6.11. The summed E-state index contributed by atoms with van der Waals surface area (Å²) < 4.78 is 0. The van der Waals surface area contributed by atoms with E-state index in [1.54, 1.807) is 0 Å². The van der Waals surface area contributed by atoms with Gasteiger partial charge in [-0.05, 0) is 54.5 Å². The zero-order chi connectivity index (χ0) is 15.3. The van der Waals surface area contributed by atoms with Crippen LogP contribution in [-0.4, -0.2) is 13.1 Å². The maximum absolute atomic E-state index is 6.11. The number of hydrogen-bond donors (Lipinski definition) is 1. The molecule has 0 aromatic heterocycles. The van der Waals surface area contributed by atoms with Crippen LogP contribution in [0.1, 0.15) is 40.2 Å². The van der Waals surface area contributed by atoms with Crippen LogP contribution in [0.15, 0.2) is 18.2 Å². The first kappa shape index (κ1) is 17.8. The van der Waals surface area contributed by atoms with Gasteiger partial charge in [0.25, 0.3) is 0 Å². The predicted octanol–water partition coefficient (Wildman–Crippen LogP) is 5.44. The normalized spacial score (nSPS) is 13.8. The van der Waals surface area contributed by atoms with Gasteiger partial charge >= 0.3 is 0 Å². The van der Waals surface area contributed by atoms with E-state index in [2.05, 4.69) is 46.0 Å². The molecule has 0 fully saturated rings. The van der Waals surface area contributed by atoms with Gasteiger partial charge in [-0.3, -0.25) is 0 Å². The Hall–Kier alpha value is -0.240. The fraction of sp³-hybridized carbons (Fsp3) is 0.647. The monoisotopic (exact) mass is 315 g/mol. The summed E-state index contributed by atoms with van der Waals surface area (Å²) in [5.41, 5.74) is 1.52. The number of nitrogens with one attached hydrogen (secondary N) is 1. The summed E-state index contributed by atoms with van der Waals surface area (Å²) in [7, 11) is 0. The molecule has 0 aliphatic rings. The fourth-order valence-corrected chi connectivity index (χ4v) is 2.50. The quantitative estimate of drug-likeness (QED) is 0.736. The van der Waals surface area contributed by atoms with Crippen LogP contribution in [0.4, 0.5) is 0 Å². The first-order valence-electron chi connectivity index (χ1n) is 7.34. The Balaban J connectivity index is 2.71. The van der Waals surface area contributed by atoms with Crippen LogP contribution in [0.3, 0.4) is 0 Å². The second-order valence-corrected chi connectivity index (χ2v) is 7.88. The van der Waals surface area contributed by atoms with E-state index >= 15 is 0 Å². The topological polar surface area (TPSA) is 12.0 Å². The molecular formula is C17H27Cl2N. The van der Waals surface area contributed by atoms with Gasteiger partial charge in [0.2, 0.25) is 0 Å². The SMILES string of the molecule is CC(C)CNCC(Cc1ccc(Cl)c(Cl)c1)C(C)(C)C. The Morgan fingerprint density at radius 2 is 1.70 bits per heavy atom. The Bertz CT molecular complexity index is 421. The molecule has 1 nitrogen and oxygen atoms in total. The average molecular weight is 316 g/mol. The third-order valence-electron chi connectivity index (χ3n) is 3.63. The first-order valence-corrected chi connectivity index (χ1v) is 8.10. The van der Waals surface area contributed by atoms with Crippen LogP contribution < -0.4 is 5.32 Å². The summed E-state index contributed by atoms with van der Waals surface area (Å²) in [5.74, 6) is 1.25. The molecule has 3 heteroatoms. The minimum Gasteiger partial charge on any atom is -0.316 e. The average Bonchev–Trinajstić information content (AvgIpc) is 2.31. The second kappa shape index (κ2) is 7.68. The lowest BCUT2D eigenvalue weighted by molar-refractivity contribution is 0.228. The maximum Gasteiger partial charge on any atom is 0.0595 e. The van der Waals surface area contributed by atoms with Crippen molar-refractivity contribution >= 4 is 23.2 Å². The van der Waals surface area contributed by atoms with Crippen LogP contribution in [0.2, 0.25) is 10.0 Å². The zero-order valence-corrected chi connectivity index (χ0v) is 14.8. The van der Waals surface area contributed by atoms with Gasteiger partial charge in [0.15, 0.2) is 0 Å². The molecule has 0 amide bonds. The minimum atomic E-state index is 0.260. The van der Waals surface area contributed by atoms with Gasteiger partial charge in [-0.2, -0.15) is 0 Å². The molecule has 0 spiro atoms. The minimum absolute atomic E-state index is 0.260. The summed E-state index contributed by atoms with van der Waals surface area (Å²) in [6.45, 7) is 13.5. The van der Waals surface area contributed by atoms with Crippen molar-refractivity contribution in [2.45, 2.75) is 41.0 Å². The third-order valence-corrected chi connectivity index (χ3v) is 4.37. The molecule has 0 saturated heterocycles.